The van der Waals surface area contributed by atoms with Crippen LogP contribution >= 0.6 is 11.8 Å². The zero-order valence-corrected chi connectivity index (χ0v) is 16.9. The van der Waals surface area contributed by atoms with Crippen molar-refractivity contribution in [3.05, 3.63) is 0 Å². The number of anilines is 1. The largest absolute Gasteiger partial charge is 0.341 e. The smallest absolute Gasteiger partial charge is 0.234 e. The molecule has 1 aliphatic heterocycles. The first-order chi connectivity index (χ1) is 13.1. The molecule has 27 heavy (non-hydrogen) atoms. The van der Waals surface area contributed by atoms with Crippen LogP contribution in [0.5, 0.6) is 0 Å². The van der Waals surface area contributed by atoms with E-state index in [0.717, 1.165) is 69.1 Å². The number of carbonyl (C=O) groups is 1. The van der Waals surface area contributed by atoms with Gasteiger partial charge in [0.25, 0.3) is 0 Å². The average molecular weight is 389 g/mol. The number of nitriles is 1. The standard InChI is InChI=1S/C19H28N6OS/c1-23(19(14-20)9-3-2-4-10-19)16(26)13-27-18-22-21-17(24-11-5-6-12-24)25(18)15-7-8-15/h15H,2-13H2,1H3. The third-order valence-electron chi connectivity index (χ3n) is 6.18. The molecule has 1 amide bonds. The summed E-state index contributed by atoms with van der Waals surface area (Å²) in [6, 6.07) is 2.91. The zero-order valence-electron chi connectivity index (χ0n) is 16.1. The molecule has 1 aromatic heterocycles. The van der Waals surface area contributed by atoms with Crippen molar-refractivity contribution >= 4 is 23.6 Å². The zero-order chi connectivity index (χ0) is 18.9. The summed E-state index contributed by atoms with van der Waals surface area (Å²) in [5.41, 5.74) is -0.624. The molecule has 3 fully saturated rings. The molecular weight excluding hydrogens is 360 g/mol. The van der Waals surface area contributed by atoms with Crippen molar-refractivity contribution in [3.63, 3.8) is 0 Å². The Labute approximate surface area is 165 Å². The molecule has 1 aromatic rings. The first-order valence-corrected chi connectivity index (χ1v) is 11.1. The second-order valence-electron chi connectivity index (χ2n) is 8.02. The van der Waals surface area contributed by atoms with Crippen LogP contribution in [0, 0.1) is 11.3 Å². The number of hydrogen-bond acceptors (Lipinski definition) is 6. The van der Waals surface area contributed by atoms with Crippen molar-refractivity contribution in [2.24, 2.45) is 0 Å². The molecule has 8 heteroatoms. The van der Waals surface area contributed by atoms with Crippen LogP contribution in [0.25, 0.3) is 0 Å². The third kappa shape index (κ3) is 3.66. The van der Waals surface area contributed by atoms with Gasteiger partial charge in [0.1, 0.15) is 5.54 Å². The van der Waals surface area contributed by atoms with Crippen LogP contribution in [0.4, 0.5) is 5.95 Å². The Kier molecular flexibility index (Phi) is 5.31. The molecule has 0 atom stereocenters. The van der Waals surface area contributed by atoms with Crippen molar-refractivity contribution in [2.75, 3.05) is 30.8 Å². The number of carbonyl (C=O) groups excluding carboxylic acids is 1. The van der Waals surface area contributed by atoms with E-state index in [4.69, 9.17) is 0 Å². The third-order valence-corrected chi connectivity index (χ3v) is 7.11. The van der Waals surface area contributed by atoms with E-state index in [2.05, 4.69) is 25.7 Å². The predicted molar refractivity (Wildman–Crippen MR) is 105 cm³/mol. The number of rotatable bonds is 6. The van der Waals surface area contributed by atoms with E-state index >= 15 is 0 Å². The Balaban J connectivity index is 1.44. The number of thioether (sulfide) groups is 1. The van der Waals surface area contributed by atoms with Crippen molar-refractivity contribution in [1.82, 2.24) is 19.7 Å². The molecule has 3 aliphatic rings. The van der Waals surface area contributed by atoms with Crippen LogP contribution in [-0.4, -0.2) is 57.0 Å². The highest BCUT2D eigenvalue weighted by Gasteiger charge is 2.39. The molecule has 2 aliphatic carbocycles. The van der Waals surface area contributed by atoms with Gasteiger partial charge >= 0.3 is 0 Å². The van der Waals surface area contributed by atoms with Crippen LogP contribution in [-0.2, 0) is 4.79 Å². The molecule has 7 nitrogen and oxygen atoms in total. The second-order valence-corrected chi connectivity index (χ2v) is 8.97. The van der Waals surface area contributed by atoms with Gasteiger partial charge in [-0.2, -0.15) is 5.26 Å². The van der Waals surface area contributed by atoms with Crippen LogP contribution in [0.15, 0.2) is 5.16 Å². The molecule has 146 valence electrons. The number of amides is 1. The highest BCUT2D eigenvalue weighted by molar-refractivity contribution is 7.99. The molecule has 0 unspecified atom stereocenters. The van der Waals surface area contributed by atoms with Crippen molar-refractivity contribution in [1.29, 1.82) is 5.26 Å². The van der Waals surface area contributed by atoms with Crippen molar-refractivity contribution in [3.8, 4) is 6.07 Å². The molecule has 0 bridgehead atoms. The lowest BCUT2D eigenvalue weighted by atomic mass is 9.81. The topological polar surface area (TPSA) is 78.1 Å². The lowest BCUT2D eigenvalue weighted by Gasteiger charge is -2.39. The summed E-state index contributed by atoms with van der Waals surface area (Å²) in [7, 11) is 1.79. The van der Waals surface area contributed by atoms with Crippen LogP contribution in [0.1, 0.15) is 63.8 Å². The van der Waals surface area contributed by atoms with E-state index in [1.165, 1.54) is 24.6 Å². The summed E-state index contributed by atoms with van der Waals surface area (Å²) in [5, 5.41) is 19.4. The fourth-order valence-corrected chi connectivity index (χ4v) is 5.19. The van der Waals surface area contributed by atoms with E-state index in [1.54, 1.807) is 11.9 Å². The first-order valence-electron chi connectivity index (χ1n) is 10.2. The minimum atomic E-state index is -0.624. The van der Waals surface area contributed by atoms with Gasteiger partial charge in [0, 0.05) is 26.2 Å². The van der Waals surface area contributed by atoms with E-state index in [9.17, 15) is 10.1 Å². The van der Waals surface area contributed by atoms with Gasteiger partial charge < -0.3 is 9.80 Å². The molecular formula is C19H28N6OS. The van der Waals surface area contributed by atoms with E-state index < -0.39 is 5.54 Å². The normalized spacial score (nSPS) is 21.9. The molecule has 4 rings (SSSR count). The lowest BCUT2D eigenvalue weighted by molar-refractivity contribution is -0.131. The predicted octanol–water partition coefficient (Wildman–Crippen LogP) is 2.99. The summed E-state index contributed by atoms with van der Waals surface area (Å²) in [4.78, 5) is 16.8. The van der Waals surface area contributed by atoms with Gasteiger partial charge in [0.2, 0.25) is 11.9 Å². The van der Waals surface area contributed by atoms with Gasteiger partial charge in [-0.25, -0.2) is 0 Å². The van der Waals surface area contributed by atoms with Gasteiger partial charge in [-0.15, -0.1) is 10.2 Å². The van der Waals surface area contributed by atoms with Crippen LogP contribution < -0.4 is 4.90 Å². The van der Waals surface area contributed by atoms with Gasteiger partial charge in [0.15, 0.2) is 5.16 Å². The van der Waals surface area contributed by atoms with Gasteiger partial charge in [0.05, 0.1) is 11.8 Å². The van der Waals surface area contributed by atoms with E-state index in [-0.39, 0.29) is 5.91 Å². The van der Waals surface area contributed by atoms with E-state index in [1.807, 2.05) is 0 Å². The molecule has 2 heterocycles. The SMILES string of the molecule is CN(C(=O)CSc1nnc(N2CCCC2)n1C1CC1)C1(C#N)CCCCC1. The van der Waals surface area contributed by atoms with Gasteiger partial charge in [-0.05, 0) is 38.5 Å². The summed E-state index contributed by atoms with van der Waals surface area (Å²) in [6.07, 6.45) is 9.52. The molecule has 1 saturated heterocycles. The monoisotopic (exact) mass is 388 g/mol. The highest BCUT2D eigenvalue weighted by Crippen LogP contribution is 2.41. The minimum Gasteiger partial charge on any atom is -0.341 e. The van der Waals surface area contributed by atoms with Crippen molar-refractivity contribution < 1.29 is 4.79 Å². The summed E-state index contributed by atoms with van der Waals surface area (Å²) in [6.45, 7) is 2.09. The molecule has 2 saturated carbocycles. The average Bonchev–Trinajstić information content (AvgIpc) is 3.22. The Hall–Kier alpha value is -1.75. The maximum absolute atomic E-state index is 12.8. The lowest BCUT2D eigenvalue weighted by Crippen LogP contribution is -2.50. The molecule has 0 aromatic carbocycles. The van der Waals surface area contributed by atoms with Crippen LogP contribution in [0.3, 0.4) is 0 Å². The Bertz CT molecular complexity index is 725. The fourth-order valence-electron chi connectivity index (χ4n) is 4.27. The van der Waals surface area contributed by atoms with Crippen LogP contribution in [0.2, 0.25) is 0 Å². The van der Waals surface area contributed by atoms with Gasteiger partial charge in [-0.1, -0.05) is 31.0 Å². The quantitative estimate of drug-likeness (QED) is 0.697. The fraction of sp³-hybridized carbons (Fsp3) is 0.789. The summed E-state index contributed by atoms with van der Waals surface area (Å²) >= 11 is 1.47. The Morgan fingerprint density at radius 3 is 2.56 bits per heavy atom. The Morgan fingerprint density at radius 1 is 1.22 bits per heavy atom. The highest BCUT2D eigenvalue weighted by atomic mass is 32.2. The maximum Gasteiger partial charge on any atom is 0.234 e. The molecule has 0 spiro atoms. The number of hydrogen-bond donors (Lipinski definition) is 0. The molecule has 0 N–H and O–H groups in total. The summed E-state index contributed by atoms with van der Waals surface area (Å²) < 4.78 is 2.24. The maximum atomic E-state index is 12.8. The van der Waals surface area contributed by atoms with Crippen molar-refractivity contribution in [2.45, 2.75) is 74.5 Å². The minimum absolute atomic E-state index is 0.0107. The molecule has 0 radical (unpaired) electrons. The van der Waals surface area contributed by atoms with Gasteiger partial charge in [-0.3, -0.25) is 9.36 Å². The van der Waals surface area contributed by atoms with E-state index in [0.29, 0.717) is 11.8 Å². The number of aromatic nitrogens is 3. The first kappa shape index (κ1) is 18.6. The second kappa shape index (κ2) is 7.70. The number of nitrogens with zero attached hydrogens (tertiary/aromatic N) is 6. The Morgan fingerprint density at radius 2 is 1.93 bits per heavy atom. The summed E-state index contributed by atoms with van der Waals surface area (Å²) in [5.74, 6) is 1.29.